The van der Waals surface area contributed by atoms with Crippen molar-refractivity contribution in [2.45, 2.75) is 85.8 Å². The van der Waals surface area contributed by atoms with Gasteiger partial charge in [-0.05, 0) is 41.9 Å². The van der Waals surface area contributed by atoms with Gasteiger partial charge in [0.25, 0.3) is 5.56 Å². The Labute approximate surface area is 209 Å². The number of hydrogen-bond acceptors (Lipinski definition) is 3. The lowest BCUT2D eigenvalue weighted by molar-refractivity contribution is 0.121. The van der Waals surface area contributed by atoms with Crippen LogP contribution in [0.25, 0.3) is 5.57 Å². The van der Waals surface area contributed by atoms with Gasteiger partial charge in [-0.15, -0.1) is 0 Å². The van der Waals surface area contributed by atoms with E-state index in [1.807, 2.05) is 54.0 Å². The summed E-state index contributed by atoms with van der Waals surface area (Å²) in [5.41, 5.74) is 4.59. The zero-order chi connectivity index (χ0) is 25.6. The molecule has 5 nitrogen and oxygen atoms in total. The predicted molar refractivity (Wildman–Crippen MR) is 143 cm³/mol. The molecule has 0 fully saturated rings. The van der Waals surface area contributed by atoms with Crippen LogP contribution in [0.15, 0.2) is 47.3 Å². The highest BCUT2D eigenvalue weighted by Crippen LogP contribution is 2.29. The topological polar surface area (TPSA) is 81.6 Å². The van der Waals surface area contributed by atoms with E-state index in [4.69, 9.17) is 10.1 Å². The van der Waals surface area contributed by atoms with Crippen molar-refractivity contribution in [2.24, 2.45) is 11.3 Å². The highest BCUT2D eigenvalue weighted by Gasteiger charge is 2.24. The van der Waals surface area contributed by atoms with Crippen LogP contribution >= 0.6 is 0 Å². The van der Waals surface area contributed by atoms with Crippen molar-refractivity contribution >= 4 is 5.57 Å². The summed E-state index contributed by atoms with van der Waals surface area (Å²) in [5.74, 6) is 0.702. The highest BCUT2D eigenvalue weighted by molar-refractivity contribution is 5.72. The van der Waals surface area contributed by atoms with E-state index in [0.717, 1.165) is 60.3 Å². The van der Waals surface area contributed by atoms with Crippen LogP contribution in [0.2, 0.25) is 0 Å². The first-order chi connectivity index (χ1) is 16.6. The first-order valence-corrected chi connectivity index (χ1v) is 12.8. The standard InChI is InChI=1S/C30H39N3O2/c1-6-7-12-28-32-21(2)27(17-25(34)18-30(3,4)5)29(35)33(28)20-22-13-15-23(16-14-22)26-11-9-8-10-24(26)19-31/h8-9,11,13-16,24-25,34H,6-7,10,12,17-18,20H2,1-5H3/p+1. The number of unbranched alkanes of at least 4 members (excludes halogenated alkanes) is 1. The quantitative estimate of drug-likeness (QED) is 0.450. The fraction of sp³-hybridized carbons (Fsp3) is 0.500. The number of nitriles is 1. The van der Waals surface area contributed by atoms with E-state index in [-0.39, 0.29) is 23.0 Å². The van der Waals surface area contributed by atoms with Crippen LogP contribution in [0, 0.1) is 29.6 Å². The van der Waals surface area contributed by atoms with Crippen molar-refractivity contribution in [3.63, 3.8) is 0 Å². The molecule has 0 saturated heterocycles. The van der Waals surface area contributed by atoms with Gasteiger partial charge in [0, 0.05) is 24.1 Å². The van der Waals surface area contributed by atoms with Crippen LogP contribution in [-0.4, -0.2) is 20.8 Å². The Morgan fingerprint density at radius 1 is 1.26 bits per heavy atom. The second kappa shape index (κ2) is 11.6. The van der Waals surface area contributed by atoms with Gasteiger partial charge in [0.15, 0.2) is 6.10 Å². The summed E-state index contributed by atoms with van der Waals surface area (Å²) < 4.78 is 1.82. The maximum atomic E-state index is 13.7. The Hall–Kier alpha value is -2.97. The third-order valence-corrected chi connectivity index (χ3v) is 6.55. The summed E-state index contributed by atoms with van der Waals surface area (Å²) in [5, 5.41) is 18.1. The van der Waals surface area contributed by atoms with E-state index in [1.165, 1.54) is 0 Å². The van der Waals surface area contributed by atoms with Gasteiger partial charge >= 0.3 is 0 Å². The molecule has 1 aliphatic rings. The van der Waals surface area contributed by atoms with Crippen LogP contribution in [0.1, 0.15) is 81.6 Å². The first kappa shape index (κ1) is 26.6. The van der Waals surface area contributed by atoms with E-state index < -0.39 is 0 Å². The molecule has 35 heavy (non-hydrogen) atoms. The number of rotatable bonds is 9. The molecule has 2 N–H and O–H groups in total. The minimum atomic E-state index is -0.330. The second-order valence-electron chi connectivity index (χ2n) is 10.9. The predicted octanol–water partition coefficient (Wildman–Crippen LogP) is 5.50. The maximum Gasteiger partial charge on any atom is 0.257 e. The average Bonchev–Trinajstić information content (AvgIpc) is 2.81. The Kier molecular flexibility index (Phi) is 8.86. The first-order valence-electron chi connectivity index (χ1n) is 12.8. The summed E-state index contributed by atoms with van der Waals surface area (Å²) in [6.07, 6.45) is 10.4. The zero-order valence-electron chi connectivity index (χ0n) is 21.9. The number of nitrogens with zero attached hydrogens (tertiary/aromatic N) is 3. The molecule has 3 rings (SSSR count). The fourth-order valence-electron chi connectivity index (χ4n) is 4.77. The molecular weight excluding hydrogens is 434 g/mol. The number of aryl methyl sites for hydroxylation is 2. The molecule has 2 atom stereocenters. The molecule has 1 heterocycles. The smallest absolute Gasteiger partial charge is 0.257 e. The number of benzene rings is 1. The third-order valence-electron chi connectivity index (χ3n) is 6.55. The van der Waals surface area contributed by atoms with Crippen LogP contribution in [0.5, 0.6) is 0 Å². The van der Waals surface area contributed by atoms with E-state index in [2.05, 4.69) is 33.8 Å². The SMILES string of the molecule is CCCCc1nc(C)c(CC([OH2+])CC(C)(C)C)c(=O)n1Cc1ccc(C2=CC=CCC2C#N)cc1. The van der Waals surface area contributed by atoms with Gasteiger partial charge < -0.3 is 5.11 Å². The Bertz CT molecular complexity index is 1170. The largest absolute Gasteiger partial charge is 0.443 e. The summed E-state index contributed by atoms with van der Waals surface area (Å²) in [4.78, 5) is 18.5. The summed E-state index contributed by atoms with van der Waals surface area (Å²) in [7, 11) is 0. The minimum absolute atomic E-state index is 0.0106. The van der Waals surface area contributed by atoms with Crippen molar-refractivity contribution in [1.82, 2.24) is 9.55 Å². The summed E-state index contributed by atoms with van der Waals surface area (Å²) in [6.45, 7) is 10.9. The van der Waals surface area contributed by atoms with Crippen LogP contribution in [-0.2, 0) is 19.4 Å². The molecule has 2 unspecified atom stereocenters. The van der Waals surface area contributed by atoms with Crippen LogP contribution in [0.4, 0.5) is 0 Å². The molecule has 0 amide bonds. The van der Waals surface area contributed by atoms with E-state index in [0.29, 0.717) is 18.5 Å². The maximum absolute atomic E-state index is 13.7. The lowest BCUT2D eigenvalue weighted by atomic mass is 9.87. The lowest BCUT2D eigenvalue weighted by Gasteiger charge is -2.21. The molecule has 0 bridgehead atoms. The Morgan fingerprint density at radius 3 is 2.60 bits per heavy atom. The second-order valence-corrected chi connectivity index (χ2v) is 10.9. The van der Waals surface area contributed by atoms with Gasteiger partial charge in [-0.2, -0.15) is 5.26 Å². The lowest BCUT2D eigenvalue weighted by Crippen LogP contribution is -2.32. The molecule has 0 saturated carbocycles. The zero-order valence-corrected chi connectivity index (χ0v) is 21.9. The van der Waals surface area contributed by atoms with Gasteiger partial charge in [-0.1, -0.05) is 76.6 Å². The van der Waals surface area contributed by atoms with Crippen molar-refractivity contribution in [2.75, 3.05) is 0 Å². The van der Waals surface area contributed by atoms with Crippen LogP contribution in [0.3, 0.4) is 0 Å². The van der Waals surface area contributed by atoms with Gasteiger partial charge in [-0.25, -0.2) is 4.98 Å². The van der Waals surface area contributed by atoms with Crippen molar-refractivity contribution in [3.8, 4) is 6.07 Å². The van der Waals surface area contributed by atoms with Crippen LogP contribution < -0.4 is 5.56 Å². The summed E-state index contributed by atoms with van der Waals surface area (Å²) >= 11 is 0. The van der Waals surface area contributed by atoms with Gasteiger partial charge in [0.1, 0.15) is 5.82 Å². The molecule has 186 valence electrons. The molecular formula is C30H40N3O2+. The van der Waals surface area contributed by atoms with Crippen molar-refractivity contribution in [3.05, 3.63) is 81.1 Å². The highest BCUT2D eigenvalue weighted by atomic mass is 16.3. The van der Waals surface area contributed by atoms with Gasteiger partial charge in [-0.3, -0.25) is 9.36 Å². The van der Waals surface area contributed by atoms with E-state index in [1.54, 1.807) is 0 Å². The number of aromatic nitrogens is 2. The number of hydrogen-bond donors (Lipinski definition) is 0. The molecule has 2 aromatic rings. The fourth-order valence-corrected chi connectivity index (χ4v) is 4.77. The molecule has 1 aliphatic carbocycles. The molecule has 0 radical (unpaired) electrons. The third kappa shape index (κ3) is 7.02. The van der Waals surface area contributed by atoms with Gasteiger partial charge in [0.2, 0.25) is 0 Å². The Morgan fingerprint density at radius 2 is 1.97 bits per heavy atom. The molecule has 1 aromatic heterocycles. The molecule has 1 aromatic carbocycles. The number of allylic oxidation sites excluding steroid dienone is 4. The normalized spacial score (nSPS) is 16.6. The van der Waals surface area contributed by atoms with E-state index >= 15 is 0 Å². The van der Waals surface area contributed by atoms with Crippen molar-refractivity contribution in [1.29, 1.82) is 5.26 Å². The minimum Gasteiger partial charge on any atom is -0.443 e. The van der Waals surface area contributed by atoms with Crippen molar-refractivity contribution < 1.29 is 5.11 Å². The van der Waals surface area contributed by atoms with Gasteiger partial charge in [0.05, 0.1) is 25.0 Å². The molecule has 0 spiro atoms. The monoisotopic (exact) mass is 474 g/mol. The average molecular weight is 475 g/mol. The van der Waals surface area contributed by atoms with E-state index in [9.17, 15) is 10.1 Å². The Balaban J connectivity index is 1.92. The molecule has 0 aliphatic heterocycles. The molecule has 5 heteroatoms. The summed E-state index contributed by atoms with van der Waals surface area (Å²) in [6, 6.07) is 10.6.